The molecule has 3 heteroatoms. The van der Waals surface area contributed by atoms with Crippen LogP contribution in [0.3, 0.4) is 0 Å². The zero-order valence-electron chi connectivity index (χ0n) is 9.78. The zero-order chi connectivity index (χ0) is 11.9. The van der Waals surface area contributed by atoms with Gasteiger partial charge in [-0.3, -0.25) is 0 Å². The molecule has 0 aliphatic carbocycles. The van der Waals surface area contributed by atoms with Gasteiger partial charge in [0, 0.05) is 23.6 Å². The topological polar surface area (TPSA) is 43.8 Å². The highest BCUT2D eigenvalue weighted by molar-refractivity contribution is 5.94. The van der Waals surface area contributed by atoms with Crippen LogP contribution in [0.25, 0.3) is 11.0 Å². The number of hydrogen-bond donors (Lipinski definition) is 1. The van der Waals surface area contributed by atoms with E-state index in [4.69, 9.17) is 12.2 Å². The van der Waals surface area contributed by atoms with Gasteiger partial charge in [0.25, 0.3) is 0 Å². The van der Waals surface area contributed by atoms with Crippen LogP contribution in [0.5, 0.6) is 0 Å². The van der Waals surface area contributed by atoms with Crippen molar-refractivity contribution in [2.45, 2.75) is 26.3 Å². The van der Waals surface area contributed by atoms with Crippen molar-refractivity contribution >= 4 is 16.7 Å². The lowest BCUT2D eigenvalue weighted by molar-refractivity contribution is 0.408. The highest BCUT2D eigenvalue weighted by Crippen LogP contribution is 2.29. The fraction of sp³-hybridized carbons (Fsp3) is 0.308. The van der Waals surface area contributed by atoms with Gasteiger partial charge in [-0.05, 0) is 26.8 Å². The van der Waals surface area contributed by atoms with Crippen LogP contribution in [0, 0.1) is 12.3 Å². The van der Waals surface area contributed by atoms with Crippen molar-refractivity contribution in [2.75, 3.05) is 5.73 Å². The summed E-state index contributed by atoms with van der Waals surface area (Å²) in [5, 5.41) is 0.875. The molecule has 0 saturated heterocycles. The molecule has 0 fully saturated rings. The van der Waals surface area contributed by atoms with Gasteiger partial charge in [-0.15, -0.1) is 6.42 Å². The summed E-state index contributed by atoms with van der Waals surface area (Å²) in [6.07, 6.45) is 9.14. The van der Waals surface area contributed by atoms with Gasteiger partial charge in [-0.1, -0.05) is 5.92 Å². The number of anilines is 1. The number of nitrogen functional groups attached to an aromatic ring is 1. The summed E-state index contributed by atoms with van der Waals surface area (Å²) in [6, 6.07) is 1.77. The summed E-state index contributed by atoms with van der Waals surface area (Å²) >= 11 is 0. The monoisotopic (exact) mass is 213 g/mol. The molecule has 0 aliphatic rings. The average molecular weight is 213 g/mol. The third kappa shape index (κ3) is 1.43. The van der Waals surface area contributed by atoms with Crippen LogP contribution in [-0.4, -0.2) is 9.55 Å². The largest absolute Gasteiger partial charge is 0.398 e. The van der Waals surface area contributed by atoms with E-state index >= 15 is 0 Å². The van der Waals surface area contributed by atoms with Crippen LogP contribution in [0.2, 0.25) is 0 Å². The molecular formula is C13H15N3. The van der Waals surface area contributed by atoms with Crippen LogP contribution >= 0.6 is 0 Å². The molecular weight excluding hydrogens is 198 g/mol. The van der Waals surface area contributed by atoms with Gasteiger partial charge >= 0.3 is 0 Å². The number of nitrogens with two attached hydrogens (primary N) is 1. The van der Waals surface area contributed by atoms with E-state index in [0.717, 1.165) is 16.6 Å². The van der Waals surface area contributed by atoms with Crippen LogP contribution in [0.1, 0.15) is 26.3 Å². The van der Waals surface area contributed by atoms with E-state index in [9.17, 15) is 0 Å². The second kappa shape index (κ2) is 3.28. The van der Waals surface area contributed by atoms with Gasteiger partial charge in [-0.2, -0.15) is 0 Å². The summed E-state index contributed by atoms with van der Waals surface area (Å²) in [4.78, 5) is 4.36. The molecule has 2 aromatic heterocycles. The number of fused-ring (bicyclic) bond motifs is 1. The van der Waals surface area contributed by atoms with E-state index in [0.29, 0.717) is 5.69 Å². The van der Waals surface area contributed by atoms with Crippen molar-refractivity contribution in [1.29, 1.82) is 0 Å². The molecule has 2 heterocycles. The predicted molar refractivity (Wildman–Crippen MR) is 67.1 cm³/mol. The molecule has 16 heavy (non-hydrogen) atoms. The van der Waals surface area contributed by atoms with E-state index in [1.54, 1.807) is 12.3 Å². The quantitative estimate of drug-likeness (QED) is 0.683. The molecule has 2 aromatic rings. The third-order valence-corrected chi connectivity index (χ3v) is 2.60. The maximum atomic E-state index is 5.94. The van der Waals surface area contributed by atoms with Crippen molar-refractivity contribution in [3.63, 3.8) is 0 Å². The highest BCUT2D eigenvalue weighted by Gasteiger charge is 2.19. The Morgan fingerprint density at radius 3 is 2.69 bits per heavy atom. The lowest BCUT2D eigenvalue weighted by Gasteiger charge is -2.21. The van der Waals surface area contributed by atoms with Crippen molar-refractivity contribution in [3.8, 4) is 12.3 Å². The molecule has 0 atom stereocenters. The van der Waals surface area contributed by atoms with Crippen molar-refractivity contribution in [2.24, 2.45) is 0 Å². The molecule has 0 saturated carbocycles. The number of pyridine rings is 1. The molecule has 0 unspecified atom stereocenters. The van der Waals surface area contributed by atoms with Gasteiger partial charge in [-0.25, -0.2) is 4.98 Å². The summed E-state index contributed by atoms with van der Waals surface area (Å²) in [5.41, 5.74) is 8.21. The van der Waals surface area contributed by atoms with Crippen molar-refractivity contribution in [1.82, 2.24) is 9.55 Å². The van der Waals surface area contributed by atoms with E-state index in [2.05, 4.69) is 36.2 Å². The number of terminal acetylenes is 1. The average Bonchev–Trinajstić information content (AvgIpc) is 2.57. The predicted octanol–water partition coefficient (Wildman–Crippen LogP) is 2.35. The van der Waals surface area contributed by atoms with Crippen molar-refractivity contribution in [3.05, 3.63) is 24.0 Å². The van der Waals surface area contributed by atoms with Gasteiger partial charge in [0.1, 0.15) is 5.65 Å². The second-order valence-electron chi connectivity index (χ2n) is 4.83. The molecule has 0 spiro atoms. The fourth-order valence-electron chi connectivity index (χ4n) is 1.80. The van der Waals surface area contributed by atoms with Gasteiger partial charge in [0.2, 0.25) is 0 Å². The molecule has 2 N–H and O–H groups in total. The summed E-state index contributed by atoms with van der Waals surface area (Å²) < 4.78 is 2.06. The third-order valence-electron chi connectivity index (χ3n) is 2.60. The molecule has 0 aliphatic heterocycles. The number of rotatable bonds is 0. The highest BCUT2D eigenvalue weighted by atomic mass is 15.1. The molecule has 2 rings (SSSR count). The van der Waals surface area contributed by atoms with Crippen molar-refractivity contribution < 1.29 is 0 Å². The molecule has 0 amide bonds. The molecule has 82 valence electrons. The molecule has 0 radical (unpaired) electrons. The van der Waals surface area contributed by atoms with Gasteiger partial charge in [0.05, 0.1) is 10.9 Å². The van der Waals surface area contributed by atoms with Crippen LogP contribution in [0.15, 0.2) is 18.5 Å². The van der Waals surface area contributed by atoms with Gasteiger partial charge < -0.3 is 10.3 Å². The Kier molecular flexibility index (Phi) is 2.16. The first-order chi connectivity index (χ1) is 7.45. The number of hydrogen-bond acceptors (Lipinski definition) is 2. The minimum absolute atomic E-state index is 0.0614. The lowest BCUT2D eigenvalue weighted by Crippen LogP contribution is -2.20. The Labute approximate surface area is 95.3 Å². The first-order valence-corrected chi connectivity index (χ1v) is 5.18. The first kappa shape index (κ1) is 10.6. The fourth-order valence-corrected chi connectivity index (χ4v) is 1.80. The maximum Gasteiger partial charge on any atom is 0.143 e. The minimum atomic E-state index is -0.0614. The van der Waals surface area contributed by atoms with E-state index in [-0.39, 0.29) is 5.54 Å². The normalized spacial score (nSPS) is 11.6. The Hall–Kier alpha value is -1.95. The smallest absolute Gasteiger partial charge is 0.143 e. The Bertz CT molecular complexity index is 579. The molecule has 0 bridgehead atoms. The first-order valence-electron chi connectivity index (χ1n) is 5.18. The summed E-state index contributed by atoms with van der Waals surface area (Å²) in [7, 11) is 0. The van der Waals surface area contributed by atoms with Crippen LogP contribution in [0.4, 0.5) is 5.69 Å². The Balaban J connectivity index is 2.91. The van der Waals surface area contributed by atoms with E-state index < -0.39 is 0 Å². The van der Waals surface area contributed by atoms with Crippen LogP contribution in [-0.2, 0) is 5.54 Å². The molecule has 0 aromatic carbocycles. The lowest BCUT2D eigenvalue weighted by atomic mass is 10.1. The Morgan fingerprint density at radius 1 is 1.44 bits per heavy atom. The maximum absolute atomic E-state index is 5.94. The molecule has 3 nitrogen and oxygen atoms in total. The number of nitrogens with zero attached hydrogens (tertiary/aromatic N) is 2. The Morgan fingerprint density at radius 2 is 2.12 bits per heavy atom. The van der Waals surface area contributed by atoms with Crippen LogP contribution < -0.4 is 5.73 Å². The van der Waals surface area contributed by atoms with Gasteiger partial charge in [0.15, 0.2) is 0 Å². The standard InChI is InChI=1S/C13H15N3/c1-5-9-8-16(13(2,3)4)12-11(9)10(14)6-7-15-12/h1,6-8H,2-4H3,(H2,14,15). The second-order valence-corrected chi connectivity index (χ2v) is 4.83. The summed E-state index contributed by atoms with van der Waals surface area (Å²) in [5.74, 6) is 2.66. The number of aromatic nitrogens is 2. The summed E-state index contributed by atoms with van der Waals surface area (Å²) in [6.45, 7) is 6.33. The zero-order valence-corrected chi connectivity index (χ0v) is 9.78. The van der Waals surface area contributed by atoms with E-state index in [1.165, 1.54) is 0 Å². The van der Waals surface area contributed by atoms with E-state index in [1.807, 2.05) is 6.20 Å². The minimum Gasteiger partial charge on any atom is -0.398 e. The SMILES string of the molecule is C#Cc1cn(C(C)(C)C)c2nccc(N)c12.